The molecule has 0 saturated carbocycles. The molecular weight excluding hydrogens is 179 g/mol. The van der Waals surface area contributed by atoms with Gasteiger partial charge in [-0.2, -0.15) is 0 Å². The summed E-state index contributed by atoms with van der Waals surface area (Å²) in [5, 5.41) is 8.60. The summed E-state index contributed by atoms with van der Waals surface area (Å²) in [5.41, 5.74) is 2.49. The first-order valence-electron chi connectivity index (χ1n) is 3.42. The Morgan fingerprint density at radius 3 is 2.33 bits per heavy atom. The Hall–Kier alpha value is 0.326. The molecule has 0 amide bonds. The second kappa shape index (κ2) is 5.14. The Morgan fingerprint density at radius 1 is 1.33 bits per heavy atom. The molecule has 0 bridgehead atoms. The molecule has 1 N–H and O–H groups in total. The zero-order chi connectivity index (χ0) is 8.43. The zero-order valence-corrected chi connectivity index (χ0v) is 10.7. The second-order valence-corrected chi connectivity index (χ2v) is 2.60. The largest absolute Gasteiger partial charge is 1.00 e. The molecule has 0 atom stereocenters. The van der Waals surface area contributed by atoms with Crippen molar-refractivity contribution in [3.05, 3.63) is 34.9 Å². The number of hydrogen-bond donors (Lipinski definition) is 1. The van der Waals surface area contributed by atoms with Crippen LogP contribution in [0.2, 0.25) is 0 Å². The molecule has 2 nitrogen and oxygen atoms in total. The molecule has 12 heavy (non-hydrogen) atoms. The fourth-order valence-electron chi connectivity index (χ4n) is 0.874. The normalized spacial score (nSPS) is 8.83. The van der Waals surface area contributed by atoms with Crippen molar-refractivity contribution in [3.63, 3.8) is 0 Å². The first-order valence-corrected chi connectivity index (χ1v) is 3.42. The maximum atomic E-state index is 10.5. The summed E-state index contributed by atoms with van der Waals surface area (Å²) in [6.45, 7) is 3.86. The van der Waals surface area contributed by atoms with Crippen LogP contribution in [-0.2, 0) is 0 Å². The number of carboxylic acid groups (broad SMARTS) is 1. The molecule has 0 unspecified atom stereocenters. The number of carbonyl (C=O) groups is 1. The van der Waals surface area contributed by atoms with Crippen LogP contribution in [0.3, 0.4) is 0 Å². The van der Waals surface area contributed by atoms with Crippen molar-refractivity contribution in [2.75, 3.05) is 0 Å². The van der Waals surface area contributed by atoms with Crippen molar-refractivity contribution in [1.82, 2.24) is 0 Å². The van der Waals surface area contributed by atoms with E-state index in [1.165, 1.54) is 0 Å². The fraction of sp³-hybridized carbons (Fsp3) is 0.222. The standard InChI is InChI=1S/C9H10O2.K.H/c1-6-3-4-8(9(10)11)5-7(6)2;;/h3-5H,1-2H3,(H,10,11);;/q;+1;-1. The number of rotatable bonds is 1. The van der Waals surface area contributed by atoms with Crippen LogP contribution in [-0.4, -0.2) is 11.1 Å². The third-order valence-electron chi connectivity index (χ3n) is 1.75. The van der Waals surface area contributed by atoms with E-state index in [4.69, 9.17) is 5.11 Å². The van der Waals surface area contributed by atoms with Gasteiger partial charge in [-0.25, -0.2) is 4.79 Å². The third kappa shape index (κ3) is 2.99. The van der Waals surface area contributed by atoms with E-state index in [2.05, 4.69) is 0 Å². The molecule has 0 aromatic heterocycles. The predicted octanol–water partition coefficient (Wildman–Crippen LogP) is -0.882. The minimum Gasteiger partial charge on any atom is -1.00 e. The van der Waals surface area contributed by atoms with Crippen LogP contribution in [0.25, 0.3) is 0 Å². The van der Waals surface area contributed by atoms with E-state index in [0.29, 0.717) is 5.56 Å². The Kier molecular flexibility index (Phi) is 5.28. The van der Waals surface area contributed by atoms with E-state index in [1.807, 2.05) is 19.9 Å². The zero-order valence-electron chi connectivity index (χ0n) is 8.59. The minimum absolute atomic E-state index is 0. The predicted molar refractivity (Wildman–Crippen MR) is 44.0 cm³/mol. The van der Waals surface area contributed by atoms with Gasteiger partial charge >= 0.3 is 57.4 Å². The van der Waals surface area contributed by atoms with Crippen molar-refractivity contribution in [2.45, 2.75) is 13.8 Å². The molecular formula is C9H11KO2. The van der Waals surface area contributed by atoms with Gasteiger partial charge in [-0.3, -0.25) is 0 Å². The Morgan fingerprint density at radius 2 is 1.92 bits per heavy atom. The summed E-state index contributed by atoms with van der Waals surface area (Å²) >= 11 is 0. The molecule has 1 aromatic rings. The molecule has 0 heterocycles. The van der Waals surface area contributed by atoms with Crippen molar-refractivity contribution < 1.29 is 62.7 Å². The maximum Gasteiger partial charge on any atom is 1.00 e. The number of benzene rings is 1. The van der Waals surface area contributed by atoms with E-state index < -0.39 is 5.97 Å². The SMILES string of the molecule is Cc1ccc(C(=O)O)cc1C.[H-].[K+]. The third-order valence-corrected chi connectivity index (χ3v) is 1.75. The molecule has 60 valence electrons. The molecule has 0 aliphatic carbocycles. The Labute approximate surface area is 116 Å². The summed E-state index contributed by atoms with van der Waals surface area (Å²) in [6, 6.07) is 5.11. The van der Waals surface area contributed by atoms with Crippen molar-refractivity contribution in [1.29, 1.82) is 0 Å². The van der Waals surface area contributed by atoms with Crippen LogP contribution in [0.5, 0.6) is 0 Å². The van der Waals surface area contributed by atoms with Gasteiger partial charge in [0.05, 0.1) is 5.56 Å². The monoisotopic (exact) mass is 190 g/mol. The summed E-state index contributed by atoms with van der Waals surface area (Å²) < 4.78 is 0. The van der Waals surface area contributed by atoms with Crippen molar-refractivity contribution in [3.8, 4) is 0 Å². The maximum absolute atomic E-state index is 10.5. The van der Waals surface area contributed by atoms with E-state index in [-0.39, 0.29) is 52.8 Å². The van der Waals surface area contributed by atoms with Crippen LogP contribution < -0.4 is 51.4 Å². The van der Waals surface area contributed by atoms with Gasteiger partial charge in [-0.1, -0.05) is 6.07 Å². The molecule has 0 saturated heterocycles. The summed E-state index contributed by atoms with van der Waals surface area (Å²) in [5.74, 6) is -0.867. The van der Waals surface area contributed by atoms with Gasteiger partial charge in [0.15, 0.2) is 0 Å². The van der Waals surface area contributed by atoms with Gasteiger partial charge in [0, 0.05) is 0 Å². The van der Waals surface area contributed by atoms with Gasteiger partial charge in [0.1, 0.15) is 0 Å². The fourth-order valence-corrected chi connectivity index (χ4v) is 0.874. The number of carboxylic acids is 1. The summed E-state index contributed by atoms with van der Waals surface area (Å²) in [4.78, 5) is 10.5. The molecule has 0 fully saturated rings. The van der Waals surface area contributed by atoms with Gasteiger partial charge in [0.2, 0.25) is 0 Å². The molecule has 0 radical (unpaired) electrons. The van der Waals surface area contributed by atoms with Crippen LogP contribution in [0.15, 0.2) is 18.2 Å². The van der Waals surface area contributed by atoms with Gasteiger partial charge in [-0.15, -0.1) is 0 Å². The molecule has 1 aromatic carbocycles. The van der Waals surface area contributed by atoms with Crippen molar-refractivity contribution >= 4 is 5.97 Å². The first-order chi connectivity index (χ1) is 5.11. The van der Waals surface area contributed by atoms with E-state index in [1.54, 1.807) is 12.1 Å². The van der Waals surface area contributed by atoms with Crippen LogP contribution in [0.4, 0.5) is 0 Å². The number of hydrogen-bond acceptors (Lipinski definition) is 1. The van der Waals surface area contributed by atoms with Crippen LogP contribution in [0, 0.1) is 13.8 Å². The minimum atomic E-state index is -0.867. The average molecular weight is 190 g/mol. The molecule has 0 aliphatic rings. The topological polar surface area (TPSA) is 37.3 Å². The quantitative estimate of drug-likeness (QED) is 0.584. The first kappa shape index (κ1) is 12.3. The van der Waals surface area contributed by atoms with Gasteiger partial charge < -0.3 is 6.53 Å². The molecule has 3 heteroatoms. The van der Waals surface area contributed by atoms with E-state index in [9.17, 15) is 4.79 Å². The summed E-state index contributed by atoms with van der Waals surface area (Å²) in [7, 11) is 0. The van der Waals surface area contributed by atoms with Crippen LogP contribution in [0.1, 0.15) is 22.9 Å². The van der Waals surface area contributed by atoms with Gasteiger partial charge in [0.25, 0.3) is 0 Å². The number of aromatic carboxylic acids is 1. The van der Waals surface area contributed by atoms with Crippen molar-refractivity contribution in [2.24, 2.45) is 0 Å². The van der Waals surface area contributed by atoms with E-state index >= 15 is 0 Å². The molecule has 0 spiro atoms. The smallest absolute Gasteiger partial charge is 1.00 e. The second-order valence-electron chi connectivity index (χ2n) is 2.60. The number of aryl methyl sites for hydroxylation is 2. The molecule has 1 rings (SSSR count). The Balaban J connectivity index is 0. The van der Waals surface area contributed by atoms with Gasteiger partial charge in [-0.05, 0) is 37.1 Å². The average Bonchev–Trinajstić information content (AvgIpc) is 1.94. The summed E-state index contributed by atoms with van der Waals surface area (Å²) in [6.07, 6.45) is 0. The van der Waals surface area contributed by atoms with Crippen LogP contribution >= 0.6 is 0 Å². The molecule has 0 aliphatic heterocycles. The Bertz CT molecular complexity index is 300. The van der Waals surface area contributed by atoms with E-state index in [0.717, 1.165) is 11.1 Å².